The summed E-state index contributed by atoms with van der Waals surface area (Å²) in [6.07, 6.45) is 3.98. The van der Waals surface area contributed by atoms with Gasteiger partial charge in [0.2, 0.25) is 5.89 Å². The van der Waals surface area contributed by atoms with Crippen LogP contribution in [0.2, 0.25) is 0 Å². The zero-order valence-electron chi connectivity index (χ0n) is 16.0. The predicted molar refractivity (Wildman–Crippen MR) is 109 cm³/mol. The first-order chi connectivity index (χ1) is 14.0. The monoisotopic (exact) mass is 390 g/mol. The number of carbonyl (C=O) groups excluding carboxylic acids is 1. The van der Waals surface area contributed by atoms with Crippen molar-refractivity contribution in [2.75, 3.05) is 0 Å². The number of aromatic nitrogens is 3. The number of aliphatic hydroxyl groups is 1. The Morgan fingerprint density at radius 2 is 1.97 bits per heavy atom. The highest BCUT2D eigenvalue weighted by Gasteiger charge is 2.21. The van der Waals surface area contributed by atoms with Crippen LogP contribution in [-0.2, 0) is 0 Å². The zero-order chi connectivity index (χ0) is 20.4. The average molecular weight is 390 g/mol. The molecule has 1 unspecified atom stereocenters. The van der Waals surface area contributed by atoms with Gasteiger partial charge >= 0.3 is 0 Å². The third-order valence-electron chi connectivity index (χ3n) is 4.90. The highest BCUT2D eigenvalue weighted by Crippen LogP contribution is 2.33. The molecule has 7 nitrogen and oxygen atoms in total. The Morgan fingerprint density at radius 1 is 1.17 bits per heavy atom. The molecule has 0 radical (unpaired) electrons. The van der Waals surface area contributed by atoms with E-state index in [-0.39, 0.29) is 11.7 Å². The standard InChI is InChI=1S/C22H22N4O3/c1-14(27)10-11-18(26-12-17(21(23)28)24-13-26)16-8-5-9-19-20(16)25-22(29-19)15-6-3-2-4-7-15/h2-9,12-14,18,27H,10-11H2,1H3,(H2,23,28)/t14-,18?/m0/s1. The molecule has 29 heavy (non-hydrogen) atoms. The smallest absolute Gasteiger partial charge is 0.268 e. The first-order valence-electron chi connectivity index (χ1n) is 9.49. The fraction of sp³-hybridized carbons (Fsp3) is 0.227. The lowest BCUT2D eigenvalue weighted by Gasteiger charge is -2.20. The third-order valence-corrected chi connectivity index (χ3v) is 4.90. The van der Waals surface area contributed by atoms with E-state index in [2.05, 4.69) is 4.98 Å². The van der Waals surface area contributed by atoms with Crippen molar-refractivity contribution in [2.24, 2.45) is 5.73 Å². The van der Waals surface area contributed by atoms with Gasteiger partial charge in [-0.3, -0.25) is 4.79 Å². The number of hydrogen-bond donors (Lipinski definition) is 2. The van der Waals surface area contributed by atoms with Gasteiger partial charge in [-0.25, -0.2) is 9.97 Å². The number of hydrogen-bond acceptors (Lipinski definition) is 5. The van der Waals surface area contributed by atoms with Crippen molar-refractivity contribution in [2.45, 2.75) is 31.9 Å². The van der Waals surface area contributed by atoms with Crippen LogP contribution in [0.4, 0.5) is 0 Å². The maximum atomic E-state index is 11.5. The summed E-state index contributed by atoms with van der Waals surface area (Å²) in [5, 5.41) is 9.82. The van der Waals surface area contributed by atoms with Gasteiger partial charge in [-0.2, -0.15) is 0 Å². The molecular weight excluding hydrogens is 368 g/mol. The molecule has 4 rings (SSSR count). The Hall–Kier alpha value is -3.45. The molecule has 1 amide bonds. The number of oxazole rings is 1. The fourth-order valence-corrected chi connectivity index (χ4v) is 3.44. The van der Waals surface area contributed by atoms with Crippen molar-refractivity contribution < 1.29 is 14.3 Å². The normalized spacial score (nSPS) is 13.4. The number of rotatable bonds is 7. The lowest BCUT2D eigenvalue weighted by molar-refractivity contribution is 0.0996. The molecular formula is C22H22N4O3. The van der Waals surface area contributed by atoms with E-state index < -0.39 is 12.0 Å². The second kappa shape index (κ2) is 7.89. The Labute approximate surface area is 167 Å². The van der Waals surface area contributed by atoms with Gasteiger partial charge in [0.25, 0.3) is 5.91 Å². The first kappa shape index (κ1) is 18.9. The number of fused-ring (bicyclic) bond motifs is 1. The van der Waals surface area contributed by atoms with E-state index in [4.69, 9.17) is 15.1 Å². The van der Waals surface area contributed by atoms with Crippen LogP contribution in [0.1, 0.15) is 41.9 Å². The van der Waals surface area contributed by atoms with E-state index in [0.29, 0.717) is 24.3 Å². The first-order valence-corrected chi connectivity index (χ1v) is 9.49. The van der Waals surface area contributed by atoms with E-state index >= 15 is 0 Å². The van der Waals surface area contributed by atoms with Crippen LogP contribution in [0.5, 0.6) is 0 Å². The van der Waals surface area contributed by atoms with Gasteiger partial charge in [-0.15, -0.1) is 0 Å². The highest BCUT2D eigenvalue weighted by molar-refractivity contribution is 5.90. The van der Waals surface area contributed by atoms with Crippen LogP contribution >= 0.6 is 0 Å². The van der Waals surface area contributed by atoms with Gasteiger partial charge in [-0.1, -0.05) is 30.3 Å². The van der Waals surface area contributed by atoms with Gasteiger partial charge in [0, 0.05) is 17.3 Å². The van der Waals surface area contributed by atoms with Crippen molar-refractivity contribution >= 4 is 17.0 Å². The fourth-order valence-electron chi connectivity index (χ4n) is 3.44. The Balaban J connectivity index is 1.80. The summed E-state index contributed by atoms with van der Waals surface area (Å²) in [6.45, 7) is 1.75. The minimum atomic E-state index is -0.580. The number of imidazole rings is 1. The van der Waals surface area contributed by atoms with E-state index in [0.717, 1.165) is 16.6 Å². The van der Waals surface area contributed by atoms with Crippen LogP contribution in [0, 0.1) is 0 Å². The van der Waals surface area contributed by atoms with E-state index in [1.54, 1.807) is 19.4 Å². The molecule has 2 heterocycles. The Morgan fingerprint density at radius 3 is 2.66 bits per heavy atom. The zero-order valence-corrected chi connectivity index (χ0v) is 16.0. The molecule has 2 aromatic carbocycles. The molecule has 148 valence electrons. The topological polar surface area (TPSA) is 107 Å². The quantitative estimate of drug-likeness (QED) is 0.502. The van der Waals surface area contributed by atoms with Gasteiger partial charge in [0.1, 0.15) is 11.2 Å². The maximum absolute atomic E-state index is 11.5. The van der Waals surface area contributed by atoms with Crippen molar-refractivity contribution in [1.29, 1.82) is 0 Å². The second-order valence-corrected chi connectivity index (χ2v) is 7.09. The summed E-state index contributed by atoms with van der Waals surface area (Å²) in [5.41, 5.74) is 8.82. The molecule has 2 atom stereocenters. The molecule has 2 aromatic heterocycles. The summed E-state index contributed by atoms with van der Waals surface area (Å²) in [6, 6.07) is 15.3. The Kier molecular flexibility index (Phi) is 5.14. The molecule has 0 aliphatic rings. The summed E-state index contributed by atoms with van der Waals surface area (Å²) in [7, 11) is 0. The molecule has 0 aliphatic carbocycles. The van der Waals surface area contributed by atoms with Gasteiger partial charge in [-0.05, 0) is 38.0 Å². The minimum Gasteiger partial charge on any atom is -0.436 e. The largest absolute Gasteiger partial charge is 0.436 e. The van der Waals surface area contributed by atoms with Crippen LogP contribution < -0.4 is 5.73 Å². The maximum Gasteiger partial charge on any atom is 0.268 e. The van der Waals surface area contributed by atoms with E-state index in [1.807, 2.05) is 53.1 Å². The molecule has 3 N–H and O–H groups in total. The number of nitrogens with two attached hydrogens (primary N) is 1. The SMILES string of the molecule is C[C@H](O)CCC(c1cccc2oc(-c3ccccc3)nc12)n1cnc(C(N)=O)c1. The minimum absolute atomic E-state index is 0.178. The molecule has 0 spiro atoms. The second-order valence-electron chi connectivity index (χ2n) is 7.09. The molecule has 0 bridgehead atoms. The third kappa shape index (κ3) is 3.90. The van der Waals surface area contributed by atoms with Crippen molar-refractivity contribution in [1.82, 2.24) is 14.5 Å². The lowest BCUT2D eigenvalue weighted by atomic mass is 9.99. The number of amides is 1. The van der Waals surface area contributed by atoms with Crippen LogP contribution in [-0.4, -0.2) is 31.7 Å². The number of nitrogens with zero attached hydrogens (tertiary/aromatic N) is 3. The van der Waals surface area contributed by atoms with Gasteiger partial charge in [0.15, 0.2) is 5.58 Å². The molecule has 0 saturated carbocycles. The van der Waals surface area contributed by atoms with Crippen molar-refractivity contribution in [3.8, 4) is 11.5 Å². The Bertz CT molecular complexity index is 1130. The predicted octanol–water partition coefficient (Wildman–Crippen LogP) is 3.54. The van der Waals surface area contributed by atoms with Crippen LogP contribution in [0.3, 0.4) is 0 Å². The van der Waals surface area contributed by atoms with Gasteiger partial charge < -0.3 is 19.8 Å². The number of primary amides is 1. The summed E-state index contributed by atoms with van der Waals surface area (Å²) >= 11 is 0. The molecule has 0 fully saturated rings. The number of benzene rings is 2. The van der Waals surface area contributed by atoms with E-state index in [1.165, 1.54) is 0 Å². The molecule has 7 heteroatoms. The highest BCUT2D eigenvalue weighted by atomic mass is 16.3. The summed E-state index contributed by atoms with van der Waals surface area (Å²) < 4.78 is 7.83. The van der Waals surface area contributed by atoms with Crippen molar-refractivity contribution in [3.63, 3.8) is 0 Å². The lowest BCUT2D eigenvalue weighted by Crippen LogP contribution is -2.14. The van der Waals surface area contributed by atoms with Crippen LogP contribution in [0.25, 0.3) is 22.6 Å². The van der Waals surface area contributed by atoms with Crippen LogP contribution in [0.15, 0.2) is 65.5 Å². The average Bonchev–Trinajstić information content (AvgIpc) is 3.36. The molecule has 0 aliphatic heterocycles. The number of carbonyl (C=O) groups is 1. The summed E-state index contributed by atoms with van der Waals surface area (Å²) in [4.78, 5) is 20.3. The molecule has 0 saturated heterocycles. The van der Waals surface area contributed by atoms with Crippen molar-refractivity contribution in [3.05, 3.63) is 72.3 Å². The van der Waals surface area contributed by atoms with Gasteiger partial charge in [0.05, 0.1) is 18.5 Å². The number of aliphatic hydroxyl groups excluding tert-OH is 1. The summed E-state index contributed by atoms with van der Waals surface area (Å²) in [5.74, 6) is -0.0326. The van der Waals surface area contributed by atoms with E-state index in [9.17, 15) is 9.90 Å². The number of para-hydroxylation sites is 1. The molecule has 4 aromatic rings.